The van der Waals surface area contributed by atoms with Crippen molar-refractivity contribution in [3.8, 4) is 11.5 Å². The van der Waals surface area contributed by atoms with Gasteiger partial charge in [0.1, 0.15) is 0 Å². The molecule has 130 valence electrons. The molecule has 1 aromatic heterocycles. The molecule has 0 bridgehead atoms. The summed E-state index contributed by atoms with van der Waals surface area (Å²) in [5.74, 6) is -0.843. The van der Waals surface area contributed by atoms with E-state index in [9.17, 15) is 13.6 Å². The molecule has 0 aliphatic carbocycles. The minimum Gasteiger partial charge on any atom is -0.395 e. The summed E-state index contributed by atoms with van der Waals surface area (Å²) < 4.78 is 35.3. The van der Waals surface area contributed by atoms with Gasteiger partial charge in [-0.3, -0.25) is 20.8 Å². The van der Waals surface area contributed by atoms with Crippen molar-refractivity contribution in [3.05, 3.63) is 22.9 Å². The number of aromatic nitrogens is 2. The van der Waals surface area contributed by atoms with Crippen LogP contribution in [0.1, 0.15) is 0 Å². The molecular weight excluding hydrogens is 406 g/mol. The number of amides is 1. The molecule has 12 heteroatoms. The molecule has 5 N–H and O–H groups in total. The number of nitrogens with one attached hydrogen (secondary N) is 3. The first-order valence-corrected chi connectivity index (χ1v) is 7.61. The van der Waals surface area contributed by atoms with Crippen molar-refractivity contribution >= 4 is 45.0 Å². The second-order valence-electron chi connectivity index (χ2n) is 5.27. The Bertz CT molecular complexity index is 914. The predicted molar refractivity (Wildman–Crippen MR) is 86.5 cm³/mol. The van der Waals surface area contributed by atoms with E-state index in [4.69, 9.17) is 5.73 Å². The number of fused-ring (bicyclic) bond motifs is 2. The maximum atomic E-state index is 13.1. The first-order valence-electron chi connectivity index (χ1n) is 6.82. The van der Waals surface area contributed by atoms with E-state index < -0.39 is 17.9 Å². The summed E-state index contributed by atoms with van der Waals surface area (Å²) >= 11 is 3.15. The number of alkyl halides is 2. The number of imidazole rings is 1. The normalized spacial score (nSPS) is 23.3. The second kappa shape index (κ2) is 5.13. The van der Waals surface area contributed by atoms with Gasteiger partial charge in [0, 0.05) is 12.1 Å². The van der Waals surface area contributed by atoms with Crippen LogP contribution in [-0.4, -0.2) is 34.0 Å². The van der Waals surface area contributed by atoms with Crippen LogP contribution in [0, 0.1) is 0 Å². The van der Waals surface area contributed by atoms with Gasteiger partial charge in [0.05, 0.1) is 28.1 Å². The van der Waals surface area contributed by atoms with Crippen LogP contribution in [0.15, 0.2) is 27.9 Å². The van der Waals surface area contributed by atoms with Crippen molar-refractivity contribution in [2.45, 2.75) is 12.0 Å². The van der Waals surface area contributed by atoms with E-state index in [1.165, 1.54) is 24.5 Å². The average molecular weight is 415 g/mol. The zero-order chi connectivity index (χ0) is 17.8. The van der Waals surface area contributed by atoms with Crippen molar-refractivity contribution in [1.82, 2.24) is 15.3 Å². The molecule has 25 heavy (non-hydrogen) atoms. The van der Waals surface area contributed by atoms with Gasteiger partial charge in [-0.15, -0.1) is 8.78 Å². The average Bonchev–Trinajstić information content (AvgIpc) is 3.01. The van der Waals surface area contributed by atoms with Crippen LogP contribution in [0.3, 0.4) is 0 Å². The first-order chi connectivity index (χ1) is 11.7. The van der Waals surface area contributed by atoms with Crippen LogP contribution in [0.25, 0.3) is 11.0 Å². The van der Waals surface area contributed by atoms with Gasteiger partial charge in [0.15, 0.2) is 11.5 Å². The summed E-state index contributed by atoms with van der Waals surface area (Å²) in [7, 11) is 0. The lowest BCUT2D eigenvalue weighted by molar-refractivity contribution is -0.286. The highest BCUT2D eigenvalue weighted by Gasteiger charge is 2.43. The molecule has 1 atom stereocenters. The SMILES string of the molecule is NC1(C(=O)Nc2nc3cc4c(cc3[nH]2)OC(F)(F)O4)C=NC=C(Br)N1. The Hall–Kier alpha value is -2.73. The van der Waals surface area contributed by atoms with Gasteiger partial charge in [-0.25, -0.2) is 4.98 Å². The molecule has 3 heterocycles. The number of anilines is 1. The minimum atomic E-state index is -3.71. The van der Waals surface area contributed by atoms with E-state index >= 15 is 0 Å². The highest BCUT2D eigenvalue weighted by atomic mass is 79.9. The summed E-state index contributed by atoms with van der Waals surface area (Å²) in [5, 5.41) is 5.21. The number of nitrogens with zero attached hydrogens (tertiary/aromatic N) is 2. The van der Waals surface area contributed by atoms with Crippen molar-refractivity contribution < 1.29 is 23.0 Å². The topological polar surface area (TPSA) is 127 Å². The fourth-order valence-corrected chi connectivity index (χ4v) is 2.77. The highest BCUT2D eigenvalue weighted by Crippen LogP contribution is 2.42. The number of rotatable bonds is 2. The third-order valence-electron chi connectivity index (χ3n) is 3.40. The first kappa shape index (κ1) is 15.8. The lowest BCUT2D eigenvalue weighted by Gasteiger charge is -2.27. The van der Waals surface area contributed by atoms with Crippen molar-refractivity contribution in [2.24, 2.45) is 10.7 Å². The summed E-state index contributed by atoms with van der Waals surface area (Å²) in [6.45, 7) is 0. The number of aromatic amines is 1. The number of nitrogens with two attached hydrogens (primary N) is 1. The Morgan fingerprint density at radius 2 is 2.04 bits per heavy atom. The fraction of sp³-hybridized carbons (Fsp3) is 0.154. The predicted octanol–water partition coefficient (Wildman–Crippen LogP) is 1.35. The summed E-state index contributed by atoms with van der Waals surface area (Å²) in [4.78, 5) is 23.1. The van der Waals surface area contributed by atoms with Crippen LogP contribution in [0.5, 0.6) is 11.5 Å². The summed E-state index contributed by atoms with van der Waals surface area (Å²) in [5.41, 5.74) is 5.02. The van der Waals surface area contributed by atoms with Gasteiger partial charge in [0.2, 0.25) is 11.6 Å². The maximum Gasteiger partial charge on any atom is 0.586 e. The standard InChI is InChI=1S/C13H9BrF2N6O3/c14-9-3-18-4-12(17,22-9)10(23)21-11-19-5-1-7-8(2-6(5)20-11)25-13(15,16)24-7/h1-4,22H,17H2,(H2,19,20,21,23). The number of ether oxygens (including phenoxy) is 2. The number of carbonyl (C=O) groups excluding carboxylic acids is 1. The third kappa shape index (κ3) is 2.78. The number of hydrogen-bond acceptors (Lipinski definition) is 7. The Kier molecular flexibility index (Phi) is 3.24. The fourth-order valence-electron chi connectivity index (χ4n) is 2.32. The lowest BCUT2D eigenvalue weighted by Crippen LogP contribution is -2.63. The van der Waals surface area contributed by atoms with Crippen molar-refractivity contribution in [1.29, 1.82) is 0 Å². The molecule has 0 spiro atoms. The van der Waals surface area contributed by atoms with E-state index in [2.05, 4.69) is 51.0 Å². The van der Waals surface area contributed by atoms with E-state index in [1.54, 1.807) is 0 Å². The Labute approximate surface area is 146 Å². The number of aliphatic imine (C=N–C) groups is 1. The molecule has 1 unspecified atom stereocenters. The molecular formula is C13H9BrF2N6O3. The number of hydrogen-bond donors (Lipinski definition) is 4. The van der Waals surface area contributed by atoms with Crippen LogP contribution in [-0.2, 0) is 4.79 Å². The van der Waals surface area contributed by atoms with Gasteiger partial charge in [-0.05, 0) is 15.9 Å². The van der Waals surface area contributed by atoms with Crippen LogP contribution >= 0.6 is 15.9 Å². The molecule has 2 aliphatic rings. The molecule has 2 aliphatic heterocycles. The highest BCUT2D eigenvalue weighted by molar-refractivity contribution is 9.11. The number of benzene rings is 1. The van der Waals surface area contributed by atoms with Crippen LogP contribution in [0.2, 0.25) is 0 Å². The monoisotopic (exact) mass is 414 g/mol. The minimum absolute atomic E-state index is 0.0705. The smallest absolute Gasteiger partial charge is 0.395 e. The molecule has 1 amide bonds. The second-order valence-corrected chi connectivity index (χ2v) is 6.13. The van der Waals surface area contributed by atoms with Gasteiger partial charge >= 0.3 is 6.29 Å². The molecule has 9 nitrogen and oxygen atoms in total. The Morgan fingerprint density at radius 1 is 1.32 bits per heavy atom. The van der Waals surface area contributed by atoms with E-state index in [-0.39, 0.29) is 17.4 Å². The zero-order valence-electron chi connectivity index (χ0n) is 12.1. The maximum absolute atomic E-state index is 13.1. The van der Waals surface area contributed by atoms with Gasteiger partial charge < -0.3 is 19.8 Å². The Morgan fingerprint density at radius 3 is 2.76 bits per heavy atom. The number of halogens is 3. The van der Waals surface area contributed by atoms with Crippen LogP contribution < -0.4 is 25.8 Å². The third-order valence-corrected chi connectivity index (χ3v) is 3.81. The largest absolute Gasteiger partial charge is 0.586 e. The molecule has 1 aromatic carbocycles. The van der Waals surface area contributed by atoms with E-state index in [0.29, 0.717) is 15.6 Å². The van der Waals surface area contributed by atoms with Crippen molar-refractivity contribution in [3.63, 3.8) is 0 Å². The Balaban J connectivity index is 1.58. The molecule has 4 rings (SSSR count). The molecule has 0 fully saturated rings. The van der Waals surface area contributed by atoms with Gasteiger partial charge in [-0.2, -0.15) is 0 Å². The quantitative estimate of drug-likeness (QED) is 0.549. The van der Waals surface area contributed by atoms with E-state index in [1.807, 2.05) is 0 Å². The van der Waals surface area contributed by atoms with E-state index in [0.717, 1.165) is 0 Å². The number of H-pyrrole nitrogens is 1. The van der Waals surface area contributed by atoms with Crippen molar-refractivity contribution in [2.75, 3.05) is 5.32 Å². The van der Waals surface area contributed by atoms with Gasteiger partial charge in [-0.1, -0.05) is 0 Å². The van der Waals surface area contributed by atoms with Crippen LogP contribution in [0.4, 0.5) is 14.7 Å². The molecule has 0 saturated carbocycles. The lowest BCUT2D eigenvalue weighted by atomic mass is 10.2. The molecule has 2 aromatic rings. The number of carbonyl (C=O) groups is 1. The zero-order valence-corrected chi connectivity index (χ0v) is 13.7. The molecule has 0 saturated heterocycles. The summed E-state index contributed by atoms with van der Waals surface area (Å²) in [6, 6.07) is 2.57. The summed E-state index contributed by atoms with van der Waals surface area (Å²) in [6.07, 6.45) is -1.04. The van der Waals surface area contributed by atoms with Gasteiger partial charge in [0.25, 0.3) is 5.91 Å². The molecule has 0 radical (unpaired) electrons.